The van der Waals surface area contributed by atoms with Crippen LogP contribution in [0.1, 0.15) is 39.0 Å². The largest absolute Gasteiger partial charge is 0.478 e. The monoisotopic (exact) mass is 254 g/mol. The molecule has 18 heavy (non-hydrogen) atoms. The predicted octanol–water partition coefficient (Wildman–Crippen LogP) is 1.87. The van der Waals surface area contributed by atoms with Crippen LogP contribution in [0.5, 0.6) is 0 Å². The summed E-state index contributed by atoms with van der Waals surface area (Å²) in [6.45, 7) is 3.45. The van der Waals surface area contributed by atoms with Gasteiger partial charge in [0.25, 0.3) is 0 Å². The van der Waals surface area contributed by atoms with Crippen LogP contribution >= 0.6 is 0 Å². The van der Waals surface area contributed by atoms with E-state index in [1.54, 1.807) is 6.08 Å². The molecule has 0 saturated heterocycles. The van der Waals surface area contributed by atoms with E-state index in [1.807, 2.05) is 6.92 Å². The lowest BCUT2D eigenvalue weighted by Gasteiger charge is -2.36. The molecule has 2 N–H and O–H groups in total. The number of hydrogen-bond acceptors (Lipinski definition) is 3. The third-order valence-electron chi connectivity index (χ3n) is 4.09. The number of carbonyl (C=O) groups is 1. The van der Waals surface area contributed by atoms with Crippen LogP contribution in [-0.2, 0) is 4.79 Å². The lowest BCUT2D eigenvalue weighted by atomic mass is 9.96. The number of nitrogens with one attached hydrogen (secondary N) is 1. The highest BCUT2D eigenvalue weighted by molar-refractivity contribution is 5.86. The number of hydrogen-bond donors (Lipinski definition) is 2. The molecule has 0 bridgehead atoms. The summed E-state index contributed by atoms with van der Waals surface area (Å²) < 4.78 is 0. The molecule has 1 saturated carbocycles. The molecule has 0 radical (unpaired) electrons. The van der Waals surface area contributed by atoms with Crippen LogP contribution in [0, 0.1) is 0 Å². The minimum Gasteiger partial charge on any atom is -0.478 e. The second-order valence-electron chi connectivity index (χ2n) is 5.34. The minimum absolute atomic E-state index is 0.267. The van der Waals surface area contributed by atoms with Gasteiger partial charge in [-0.25, -0.2) is 4.79 Å². The highest BCUT2D eigenvalue weighted by Crippen LogP contribution is 2.32. The maximum Gasteiger partial charge on any atom is 0.331 e. The number of rotatable bonds is 7. The van der Waals surface area contributed by atoms with Gasteiger partial charge in [-0.2, -0.15) is 0 Å². The van der Waals surface area contributed by atoms with Gasteiger partial charge in [0, 0.05) is 24.2 Å². The van der Waals surface area contributed by atoms with E-state index in [4.69, 9.17) is 5.11 Å². The Morgan fingerprint density at radius 2 is 2.00 bits per heavy atom. The highest BCUT2D eigenvalue weighted by Gasteiger charge is 2.35. The summed E-state index contributed by atoms with van der Waals surface area (Å²) in [7, 11) is 4.27. The topological polar surface area (TPSA) is 52.6 Å². The number of nitrogens with zero attached hydrogens (tertiary/aromatic N) is 1. The second kappa shape index (κ2) is 6.90. The maximum atomic E-state index is 10.8. The quantitative estimate of drug-likeness (QED) is 0.538. The molecule has 104 valence electrons. The van der Waals surface area contributed by atoms with Gasteiger partial charge >= 0.3 is 5.97 Å². The summed E-state index contributed by atoms with van der Waals surface area (Å²) in [6.07, 6.45) is 7.43. The molecule has 0 heterocycles. The first-order valence-corrected chi connectivity index (χ1v) is 6.82. The van der Waals surface area contributed by atoms with Crippen molar-refractivity contribution < 1.29 is 9.90 Å². The van der Waals surface area contributed by atoms with Crippen LogP contribution < -0.4 is 5.32 Å². The molecule has 0 amide bonds. The van der Waals surface area contributed by atoms with Crippen molar-refractivity contribution in [1.29, 1.82) is 0 Å². The standard InChI is InChI=1S/C14H26N2O2/c1-4-12(13(17)18)7-10-15-11-14(16(2)3)8-5-6-9-14/h7,15H,4-6,8-11H2,1-3H3,(H,17,18). The fraction of sp³-hybridized carbons (Fsp3) is 0.786. The Kier molecular flexibility index (Phi) is 5.82. The van der Waals surface area contributed by atoms with Crippen molar-refractivity contribution >= 4 is 5.97 Å². The molecule has 0 unspecified atom stereocenters. The zero-order chi connectivity index (χ0) is 13.6. The molecule has 0 aromatic heterocycles. The number of carboxylic acids is 1. The maximum absolute atomic E-state index is 10.8. The Labute approximate surface area is 110 Å². The minimum atomic E-state index is -0.803. The molecule has 1 fully saturated rings. The van der Waals surface area contributed by atoms with Gasteiger partial charge < -0.3 is 15.3 Å². The molecule has 4 nitrogen and oxygen atoms in total. The first kappa shape index (κ1) is 15.2. The third kappa shape index (κ3) is 3.82. The number of likely N-dealkylation sites (N-methyl/N-ethyl adjacent to an activating group) is 1. The van der Waals surface area contributed by atoms with Crippen molar-refractivity contribution in [1.82, 2.24) is 10.2 Å². The van der Waals surface area contributed by atoms with Crippen LogP contribution in [0.25, 0.3) is 0 Å². The van der Waals surface area contributed by atoms with Crippen molar-refractivity contribution in [2.24, 2.45) is 0 Å². The van der Waals surface area contributed by atoms with E-state index < -0.39 is 5.97 Å². The average molecular weight is 254 g/mol. The van der Waals surface area contributed by atoms with Crippen molar-refractivity contribution in [3.05, 3.63) is 11.6 Å². The normalized spacial score (nSPS) is 19.4. The van der Waals surface area contributed by atoms with Gasteiger partial charge in [-0.3, -0.25) is 0 Å². The van der Waals surface area contributed by atoms with Gasteiger partial charge in [-0.05, 0) is 33.4 Å². The Morgan fingerprint density at radius 3 is 2.44 bits per heavy atom. The summed E-state index contributed by atoms with van der Waals surface area (Å²) in [6, 6.07) is 0. The van der Waals surface area contributed by atoms with Gasteiger partial charge in [-0.15, -0.1) is 0 Å². The van der Waals surface area contributed by atoms with Gasteiger partial charge in [0.05, 0.1) is 0 Å². The van der Waals surface area contributed by atoms with Crippen LogP contribution in [0.3, 0.4) is 0 Å². The van der Waals surface area contributed by atoms with E-state index in [-0.39, 0.29) is 5.54 Å². The zero-order valence-corrected chi connectivity index (χ0v) is 11.8. The van der Waals surface area contributed by atoms with Gasteiger partial charge in [-0.1, -0.05) is 25.8 Å². The van der Waals surface area contributed by atoms with Crippen LogP contribution in [0.4, 0.5) is 0 Å². The van der Waals surface area contributed by atoms with Gasteiger partial charge in [0.1, 0.15) is 0 Å². The van der Waals surface area contributed by atoms with Gasteiger partial charge in [0.2, 0.25) is 0 Å². The lowest BCUT2D eigenvalue weighted by molar-refractivity contribution is -0.132. The Bertz CT molecular complexity index is 305. The summed E-state index contributed by atoms with van der Waals surface area (Å²) in [5.74, 6) is -0.803. The summed E-state index contributed by atoms with van der Waals surface area (Å²) in [5, 5.41) is 12.3. The highest BCUT2D eigenvalue weighted by atomic mass is 16.4. The fourth-order valence-electron chi connectivity index (χ4n) is 2.70. The molecule has 0 atom stereocenters. The van der Waals surface area contributed by atoms with E-state index >= 15 is 0 Å². The average Bonchev–Trinajstić information content (AvgIpc) is 2.78. The summed E-state index contributed by atoms with van der Waals surface area (Å²) in [4.78, 5) is 13.2. The van der Waals surface area contributed by atoms with Crippen LogP contribution in [0.2, 0.25) is 0 Å². The molecular formula is C14H26N2O2. The van der Waals surface area contributed by atoms with E-state index in [2.05, 4.69) is 24.3 Å². The summed E-state index contributed by atoms with van der Waals surface area (Å²) >= 11 is 0. The van der Waals surface area contributed by atoms with Gasteiger partial charge in [0.15, 0.2) is 0 Å². The fourth-order valence-corrected chi connectivity index (χ4v) is 2.70. The molecule has 1 rings (SSSR count). The Hall–Kier alpha value is -0.870. The van der Waals surface area contributed by atoms with Crippen LogP contribution in [-0.4, -0.2) is 48.7 Å². The van der Waals surface area contributed by atoms with E-state index in [0.29, 0.717) is 18.5 Å². The van der Waals surface area contributed by atoms with Crippen molar-refractivity contribution in [2.45, 2.75) is 44.6 Å². The predicted molar refractivity (Wildman–Crippen MR) is 73.8 cm³/mol. The zero-order valence-electron chi connectivity index (χ0n) is 11.8. The first-order chi connectivity index (χ1) is 8.52. The smallest absolute Gasteiger partial charge is 0.331 e. The number of carboxylic acid groups (broad SMARTS) is 1. The molecule has 0 aliphatic heterocycles. The molecule has 0 spiro atoms. The first-order valence-electron chi connectivity index (χ1n) is 6.82. The Balaban J connectivity index is 2.43. The molecule has 0 aromatic carbocycles. The molecule has 1 aliphatic rings. The Morgan fingerprint density at radius 1 is 1.39 bits per heavy atom. The molecule has 0 aromatic rings. The van der Waals surface area contributed by atoms with E-state index in [1.165, 1.54) is 25.7 Å². The molecule has 1 aliphatic carbocycles. The third-order valence-corrected chi connectivity index (χ3v) is 4.09. The van der Waals surface area contributed by atoms with Crippen LogP contribution in [0.15, 0.2) is 11.6 Å². The molecule has 4 heteroatoms. The van der Waals surface area contributed by atoms with Crippen molar-refractivity contribution in [3.63, 3.8) is 0 Å². The SMILES string of the molecule is CCC(=CCNCC1(N(C)C)CCCC1)C(=O)O. The number of aliphatic carboxylic acids is 1. The van der Waals surface area contributed by atoms with Crippen molar-refractivity contribution in [3.8, 4) is 0 Å². The molecular weight excluding hydrogens is 228 g/mol. The second-order valence-corrected chi connectivity index (χ2v) is 5.34. The lowest BCUT2D eigenvalue weighted by Crippen LogP contribution is -2.49. The van der Waals surface area contributed by atoms with E-state index in [0.717, 1.165) is 6.54 Å². The van der Waals surface area contributed by atoms with Crippen molar-refractivity contribution in [2.75, 3.05) is 27.2 Å². The van der Waals surface area contributed by atoms with E-state index in [9.17, 15) is 4.79 Å². The summed E-state index contributed by atoms with van der Waals surface area (Å²) in [5.41, 5.74) is 0.761.